The minimum atomic E-state index is -0.654. The van der Waals surface area contributed by atoms with Gasteiger partial charge >= 0.3 is 0 Å². The lowest BCUT2D eigenvalue weighted by molar-refractivity contribution is 0.494. The Morgan fingerprint density at radius 3 is 2.40 bits per heavy atom. The van der Waals surface area contributed by atoms with E-state index >= 15 is 0 Å². The highest BCUT2D eigenvalue weighted by atomic mass is 32.2. The van der Waals surface area contributed by atoms with Crippen LogP contribution in [0.5, 0.6) is 0 Å². The first-order valence-corrected chi connectivity index (χ1v) is 7.69. The minimum Gasteiger partial charge on any atom is -0.328 e. The fourth-order valence-electron chi connectivity index (χ4n) is 1.56. The number of hydrogen-bond donors (Lipinski definition) is 1. The third-order valence-electron chi connectivity index (χ3n) is 2.77. The van der Waals surface area contributed by atoms with Gasteiger partial charge in [0, 0.05) is 28.3 Å². The van der Waals surface area contributed by atoms with Crippen LogP contribution in [-0.4, -0.2) is 21.8 Å². The van der Waals surface area contributed by atoms with Crippen LogP contribution in [0.1, 0.15) is 52.9 Å². The monoisotopic (exact) mass is 233 g/mol. The van der Waals surface area contributed by atoms with Gasteiger partial charge in [-0.1, -0.05) is 33.1 Å². The van der Waals surface area contributed by atoms with Gasteiger partial charge < -0.3 is 5.73 Å². The fraction of sp³-hybridized carbons (Fsp3) is 1.00. The molecule has 0 amide bonds. The van der Waals surface area contributed by atoms with Gasteiger partial charge in [-0.15, -0.1) is 0 Å². The molecule has 0 rings (SSSR count). The fourth-order valence-corrected chi connectivity index (χ4v) is 3.29. The lowest BCUT2D eigenvalue weighted by Crippen LogP contribution is -2.20. The SMILES string of the molecule is CCCCC(CC)CS(=O)CCC(C)N. The predicted molar refractivity (Wildman–Crippen MR) is 69.4 cm³/mol. The van der Waals surface area contributed by atoms with Gasteiger partial charge in [-0.2, -0.15) is 0 Å². The summed E-state index contributed by atoms with van der Waals surface area (Å²) in [5.74, 6) is 2.31. The number of unbranched alkanes of at least 4 members (excludes halogenated alkanes) is 1. The summed E-state index contributed by atoms with van der Waals surface area (Å²) < 4.78 is 11.7. The summed E-state index contributed by atoms with van der Waals surface area (Å²) in [6.45, 7) is 6.38. The molecule has 0 bridgehead atoms. The van der Waals surface area contributed by atoms with Crippen LogP contribution >= 0.6 is 0 Å². The lowest BCUT2D eigenvalue weighted by atomic mass is 10.0. The second kappa shape index (κ2) is 9.34. The molecule has 0 spiro atoms. The van der Waals surface area contributed by atoms with Gasteiger partial charge in [0.15, 0.2) is 0 Å². The highest BCUT2D eigenvalue weighted by molar-refractivity contribution is 7.84. The highest BCUT2D eigenvalue weighted by Gasteiger charge is 2.10. The maximum atomic E-state index is 11.7. The molecule has 0 aliphatic heterocycles. The number of nitrogens with two attached hydrogens (primary N) is 1. The maximum Gasteiger partial charge on any atom is 0.0263 e. The van der Waals surface area contributed by atoms with Gasteiger partial charge in [0.25, 0.3) is 0 Å². The molecule has 0 aliphatic rings. The van der Waals surface area contributed by atoms with E-state index in [0.717, 1.165) is 24.3 Å². The second-order valence-corrected chi connectivity index (χ2v) is 6.11. The van der Waals surface area contributed by atoms with Gasteiger partial charge in [-0.3, -0.25) is 4.21 Å². The van der Waals surface area contributed by atoms with Crippen molar-refractivity contribution in [1.82, 2.24) is 0 Å². The average Bonchev–Trinajstić information content (AvgIpc) is 2.21. The van der Waals surface area contributed by atoms with Crippen molar-refractivity contribution < 1.29 is 4.21 Å². The molecule has 3 atom stereocenters. The molecule has 0 aromatic heterocycles. The van der Waals surface area contributed by atoms with E-state index in [4.69, 9.17) is 5.73 Å². The van der Waals surface area contributed by atoms with E-state index in [9.17, 15) is 4.21 Å². The highest BCUT2D eigenvalue weighted by Crippen LogP contribution is 2.14. The van der Waals surface area contributed by atoms with Gasteiger partial charge in [0.05, 0.1) is 0 Å². The lowest BCUT2D eigenvalue weighted by Gasteiger charge is -2.14. The Morgan fingerprint density at radius 1 is 1.27 bits per heavy atom. The quantitative estimate of drug-likeness (QED) is 0.665. The number of hydrogen-bond acceptors (Lipinski definition) is 2. The summed E-state index contributed by atoms with van der Waals surface area (Å²) in [6.07, 6.45) is 5.78. The van der Waals surface area contributed by atoms with Gasteiger partial charge in [-0.25, -0.2) is 0 Å². The van der Waals surface area contributed by atoms with Crippen molar-refractivity contribution in [2.75, 3.05) is 11.5 Å². The summed E-state index contributed by atoms with van der Waals surface area (Å²) in [5.41, 5.74) is 5.65. The van der Waals surface area contributed by atoms with E-state index in [1.54, 1.807) is 0 Å². The molecule has 0 aliphatic carbocycles. The molecule has 15 heavy (non-hydrogen) atoms. The Morgan fingerprint density at radius 2 is 1.93 bits per heavy atom. The Balaban J connectivity index is 3.70. The summed E-state index contributed by atoms with van der Waals surface area (Å²) in [7, 11) is -0.654. The van der Waals surface area contributed by atoms with Gasteiger partial charge in [-0.05, 0) is 25.7 Å². The van der Waals surface area contributed by atoms with Crippen LogP contribution < -0.4 is 5.73 Å². The third kappa shape index (κ3) is 9.06. The molecular weight excluding hydrogens is 206 g/mol. The molecule has 2 N–H and O–H groups in total. The van der Waals surface area contributed by atoms with E-state index in [2.05, 4.69) is 13.8 Å². The molecule has 3 heteroatoms. The molecule has 92 valence electrons. The summed E-state index contributed by atoms with van der Waals surface area (Å²) in [6, 6.07) is 0.185. The van der Waals surface area contributed by atoms with E-state index in [0.29, 0.717) is 5.92 Å². The smallest absolute Gasteiger partial charge is 0.0263 e. The van der Waals surface area contributed by atoms with E-state index in [-0.39, 0.29) is 6.04 Å². The first-order valence-electron chi connectivity index (χ1n) is 6.20. The topological polar surface area (TPSA) is 43.1 Å². The molecule has 3 unspecified atom stereocenters. The van der Waals surface area contributed by atoms with Crippen molar-refractivity contribution in [2.24, 2.45) is 11.7 Å². The zero-order valence-corrected chi connectivity index (χ0v) is 11.3. The molecule has 0 saturated heterocycles. The van der Waals surface area contributed by atoms with Crippen LogP contribution in [0, 0.1) is 5.92 Å². The van der Waals surface area contributed by atoms with Crippen LogP contribution in [-0.2, 0) is 10.8 Å². The van der Waals surface area contributed by atoms with Crippen LogP contribution in [0.2, 0.25) is 0 Å². The third-order valence-corrected chi connectivity index (χ3v) is 4.30. The largest absolute Gasteiger partial charge is 0.328 e. The van der Waals surface area contributed by atoms with Gasteiger partial charge in [0.1, 0.15) is 0 Å². The van der Waals surface area contributed by atoms with E-state index < -0.39 is 10.8 Å². The van der Waals surface area contributed by atoms with Crippen molar-refractivity contribution in [1.29, 1.82) is 0 Å². The van der Waals surface area contributed by atoms with Crippen molar-refractivity contribution in [3.63, 3.8) is 0 Å². The van der Waals surface area contributed by atoms with Crippen molar-refractivity contribution >= 4 is 10.8 Å². The molecule has 0 saturated carbocycles. The van der Waals surface area contributed by atoms with Crippen molar-refractivity contribution in [3.05, 3.63) is 0 Å². The van der Waals surface area contributed by atoms with Crippen LogP contribution in [0.15, 0.2) is 0 Å². The predicted octanol–water partition coefficient (Wildman–Crippen LogP) is 2.69. The van der Waals surface area contributed by atoms with Crippen LogP contribution in [0.3, 0.4) is 0 Å². The molecule has 0 radical (unpaired) electrons. The van der Waals surface area contributed by atoms with E-state index in [1.807, 2.05) is 6.92 Å². The van der Waals surface area contributed by atoms with Crippen LogP contribution in [0.4, 0.5) is 0 Å². The Labute approximate surface area is 97.5 Å². The number of rotatable bonds is 9. The molecule has 0 heterocycles. The first kappa shape index (κ1) is 15.1. The van der Waals surface area contributed by atoms with E-state index in [1.165, 1.54) is 19.3 Å². The average molecular weight is 233 g/mol. The summed E-state index contributed by atoms with van der Waals surface area (Å²) >= 11 is 0. The normalized spacial score (nSPS) is 17.3. The first-order chi connectivity index (χ1) is 7.10. The Kier molecular flexibility index (Phi) is 9.41. The van der Waals surface area contributed by atoms with Gasteiger partial charge in [0.2, 0.25) is 0 Å². The molecular formula is C12H27NOS. The minimum absolute atomic E-state index is 0.185. The molecule has 0 aromatic rings. The second-order valence-electron chi connectivity index (χ2n) is 4.49. The summed E-state index contributed by atoms with van der Waals surface area (Å²) in [5, 5.41) is 0. The molecule has 2 nitrogen and oxygen atoms in total. The molecule has 0 fully saturated rings. The van der Waals surface area contributed by atoms with Crippen molar-refractivity contribution in [2.45, 2.75) is 58.9 Å². The zero-order valence-electron chi connectivity index (χ0n) is 10.5. The van der Waals surface area contributed by atoms with Crippen molar-refractivity contribution in [3.8, 4) is 0 Å². The molecule has 0 aromatic carbocycles. The summed E-state index contributed by atoms with van der Waals surface area (Å²) in [4.78, 5) is 0. The van der Waals surface area contributed by atoms with Crippen LogP contribution in [0.25, 0.3) is 0 Å². The Bertz CT molecular complexity index is 171. The maximum absolute atomic E-state index is 11.7. The standard InChI is InChI=1S/C12H27NOS/c1-4-6-7-12(5-2)10-15(14)9-8-11(3)13/h11-12H,4-10,13H2,1-3H3. The Hall–Kier alpha value is 0.110. The zero-order chi connectivity index (χ0) is 11.7.